The highest BCUT2D eigenvalue weighted by Crippen LogP contribution is 2.60. The summed E-state index contributed by atoms with van der Waals surface area (Å²) in [5, 5.41) is 12.0. The van der Waals surface area contributed by atoms with Crippen LogP contribution in [-0.4, -0.2) is 42.4 Å². The van der Waals surface area contributed by atoms with Gasteiger partial charge in [-0.3, -0.25) is 14.6 Å². The minimum absolute atomic E-state index is 0.0863. The van der Waals surface area contributed by atoms with E-state index in [2.05, 4.69) is 24.6 Å². The molecule has 0 fully saturated rings. The zero-order valence-corrected chi connectivity index (χ0v) is 18.9. The fraction of sp³-hybridized carbons (Fsp3) is 0.240. The number of carbonyl (C=O) groups excluding carboxylic acids is 2. The van der Waals surface area contributed by atoms with Gasteiger partial charge in [0.1, 0.15) is 11.3 Å². The highest BCUT2D eigenvalue weighted by molar-refractivity contribution is 6.85. The number of aromatic hydroxyl groups is 1. The molecular weight excluding hydrogens is 406 g/mol. The number of benzene rings is 2. The second-order valence-corrected chi connectivity index (χ2v) is 14.2. The molecule has 0 radical (unpaired) electrons. The Balaban J connectivity index is 1.88. The maximum Gasteiger partial charge on any atom is 0.200 e. The number of aromatic nitrogens is 1. The maximum absolute atomic E-state index is 13.8. The maximum atomic E-state index is 13.8. The van der Waals surface area contributed by atoms with Crippen LogP contribution in [0.5, 0.6) is 5.75 Å². The first-order valence-electron chi connectivity index (χ1n) is 10.3. The molecule has 2 unspecified atom stereocenters. The Morgan fingerprint density at radius 2 is 1.68 bits per heavy atom. The molecule has 156 valence electrons. The standard InChI is InChI=1S/C25H23NO4Si/c1-30-25-20(22(28)16-8-5-6-9-17(16)23(25)29)19(24(25)31(2,3)4)14-11-12-18(27)21-15(14)10-7-13-26-21/h5-13,20,27H,1-4H3. The van der Waals surface area contributed by atoms with Crippen LogP contribution in [0.15, 0.2) is 59.9 Å². The summed E-state index contributed by atoms with van der Waals surface area (Å²) in [5.41, 5.74) is 1.77. The number of ether oxygens (including phenoxy) is 1. The molecule has 1 heterocycles. The topological polar surface area (TPSA) is 76.5 Å². The minimum Gasteiger partial charge on any atom is -0.506 e. The number of hydrogen-bond donors (Lipinski definition) is 1. The minimum atomic E-state index is -2.12. The lowest BCUT2D eigenvalue weighted by molar-refractivity contribution is -0.00459. The van der Waals surface area contributed by atoms with Crippen molar-refractivity contribution in [2.24, 2.45) is 5.92 Å². The Bertz CT molecular complexity index is 1320. The van der Waals surface area contributed by atoms with Gasteiger partial charge in [0.25, 0.3) is 0 Å². The van der Waals surface area contributed by atoms with E-state index in [4.69, 9.17) is 4.74 Å². The van der Waals surface area contributed by atoms with Gasteiger partial charge in [-0.25, -0.2) is 0 Å². The predicted molar refractivity (Wildman–Crippen MR) is 122 cm³/mol. The lowest BCUT2D eigenvalue weighted by atomic mass is 9.58. The number of fused-ring (bicyclic) bond motifs is 3. The van der Waals surface area contributed by atoms with E-state index in [1.165, 1.54) is 7.11 Å². The molecule has 0 saturated carbocycles. The summed E-state index contributed by atoms with van der Waals surface area (Å²) in [6, 6.07) is 14.1. The van der Waals surface area contributed by atoms with E-state index in [9.17, 15) is 14.7 Å². The molecule has 1 N–H and O–H groups in total. The van der Waals surface area contributed by atoms with Gasteiger partial charge in [-0.2, -0.15) is 0 Å². The normalized spacial score (nSPS) is 22.9. The molecule has 0 saturated heterocycles. The van der Waals surface area contributed by atoms with Crippen molar-refractivity contribution in [2.75, 3.05) is 7.11 Å². The highest BCUT2D eigenvalue weighted by atomic mass is 28.3. The largest absolute Gasteiger partial charge is 0.506 e. The van der Waals surface area contributed by atoms with Gasteiger partial charge in [-0.15, -0.1) is 0 Å². The molecule has 2 aromatic carbocycles. The van der Waals surface area contributed by atoms with Gasteiger partial charge in [0.15, 0.2) is 17.2 Å². The van der Waals surface area contributed by atoms with Crippen LogP contribution in [0, 0.1) is 5.92 Å². The third-order valence-corrected chi connectivity index (χ3v) is 8.62. The van der Waals surface area contributed by atoms with Crippen LogP contribution in [-0.2, 0) is 4.74 Å². The molecule has 31 heavy (non-hydrogen) atoms. The van der Waals surface area contributed by atoms with E-state index in [0.29, 0.717) is 16.6 Å². The van der Waals surface area contributed by atoms with Gasteiger partial charge in [0.2, 0.25) is 0 Å². The predicted octanol–water partition coefficient (Wildman–Crippen LogP) is 4.67. The SMILES string of the molecule is COC12C(=O)c3ccccc3C(=O)C1C(c1ccc(O)c3ncccc13)=C2[Si](C)(C)C. The Morgan fingerprint density at radius 1 is 0.968 bits per heavy atom. The quantitative estimate of drug-likeness (QED) is 0.613. The van der Waals surface area contributed by atoms with Gasteiger partial charge < -0.3 is 9.84 Å². The van der Waals surface area contributed by atoms with Crippen molar-refractivity contribution in [3.8, 4) is 5.75 Å². The zero-order chi connectivity index (χ0) is 22.1. The molecule has 0 amide bonds. The molecule has 6 heteroatoms. The molecule has 1 aromatic heterocycles. The molecule has 2 atom stereocenters. The Morgan fingerprint density at radius 3 is 2.35 bits per heavy atom. The first-order chi connectivity index (χ1) is 14.7. The Labute approximate surface area is 181 Å². The highest BCUT2D eigenvalue weighted by Gasteiger charge is 2.67. The van der Waals surface area contributed by atoms with Crippen LogP contribution in [0.3, 0.4) is 0 Å². The third-order valence-electron chi connectivity index (χ3n) is 6.48. The number of hydrogen-bond acceptors (Lipinski definition) is 5. The van der Waals surface area contributed by atoms with Gasteiger partial charge in [0.05, 0.1) is 14.0 Å². The van der Waals surface area contributed by atoms with Crippen LogP contribution < -0.4 is 0 Å². The lowest BCUT2D eigenvalue weighted by Crippen LogP contribution is -2.66. The number of methoxy groups -OCH3 is 1. The first kappa shape index (κ1) is 19.8. The smallest absolute Gasteiger partial charge is 0.200 e. The fourth-order valence-corrected chi connectivity index (χ4v) is 7.94. The average molecular weight is 430 g/mol. The van der Waals surface area contributed by atoms with Crippen LogP contribution in [0.25, 0.3) is 16.5 Å². The second-order valence-electron chi connectivity index (χ2n) is 9.18. The van der Waals surface area contributed by atoms with E-state index < -0.39 is 19.6 Å². The lowest BCUT2D eigenvalue weighted by Gasteiger charge is -2.56. The summed E-state index contributed by atoms with van der Waals surface area (Å²) in [4.78, 5) is 31.9. The zero-order valence-electron chi connectivity index (χ0n) is 17.9. The molecule has 3 aromatic rings. The molecule has 0 bridgehead atoms. The molecule has 5 nitrogen and oxygen atoms in total. The van der Waals surface area contributed by atoms with E-state index in [1.54, 1.807) is 36.5 Å². The van der Waals surface area contributed by atoms with Crippen molar-refractivity contribution in [2.45, 2.75) is 25.2 Å². The van der Waals surface area contributed by atoms with Crippen molar-refractivity contribution < 1.29 is 19.4 Å². The molecule has 5 rings (SSSR count). The third kappa shape index (κ3) is 2.43. The first-order valence-corrected chi connectivity index (χ1v) is 13.8. The van der Waals surface area contributed by atoms with Crippen molar-refractivity contribution in [1.29, 1.82) is 0 Å². The number of nitrogens with zero attached hydrogens (tertiary/aromatic N) is 1. The molecular formula is C25H23NO4Si. The number of ketones is 2. The average Bonchev–Trinajstić information content (AvgIpc) is 2.73. The number of phenols is 1. The Kier molecular flexibility index (Phi) is 4.13. The summed E-state index contributed by atoms with van der Waals surface area (Å²) in [7, 11) is -0.589. The van der Waals surface area contributed by atoms with Crippen LogP contribution in [0.2, 0.25) is 19.6 Å². The summed E-state index contributed by atoms with van der Waals surface area (Å²) in [6.07, 6.45) is 1.63. The van der Waals surface area contributed by atoms with Crippen LogP contribution in [0.4, 0.5) is 0 Å². The van der Waals surface area contributed by atoms with Crippen LogP contribution >= 0.6 is 0 Å². The van der Waals surface area contributed by atoms with E-state index in [-0.39, 0.29) is 17.3 Å². The summed E-state index contributed by atoms with van der Waals surface area (Å²) < 4.78 is 5.99. The molecule has 0 spiro atoms. The number of Topliss-reactive ketones (excluding diaryl/α,β-unsaturated/α-hetero) is 2. The number of rotatable bonds is 3. The summed E-state index contributed by atoms with van der Waals surface area (Å²) >= 11 is 0. The fourth-order valence-electron chi connectivity index (χ4n) is 5.38. The number of phenolic OH excluding ortho intramolecular Hbond substituents is 1. The second kappa shape index (κ2) is 6.45. The van der Waals surface area contributed by atoms with E-state index >= 15 is 0 Å². The molecule has 2 aliphatic carbocycles. The number of pyridine rings is 1. The molecule has 2 aliphatic rings. The van der Waals surface area contributed by atoms with Crippen molar-refractivity contribution >= 4 is 36.1 Å². The Hall–Kier alpha value is -3.09. The van der Waals surface area contributed by atoms with Gasteiger partial charge >= 0.3 is 0 Å². The van der Waals surface area contributed by atoms with Crippen molar-refractivity contribution in [3.63, 3.8) is 0 Å². The van der Waals surface area contributed by atoms with Gasteiger partial charge in [-0.05, 0) is 28.5 Å². The van der Waals surface area contributed by atoms with Gasteiger partial charge in [0, 0.05) is 29.8 Å². The van der Waals surface area contributed by atoms with E-state index in [0.717, 1.165) is 21.7 Å². The van der Waals surface area contributed by atoms with E-state index in [1.807, 2.05) is 18.2 Å². The van der Waals surface area contributed by atoms with Gasteiger partial charge in [-0.1, -0.05) is 56.0 Å². The monoisotopic (exact) mass is 429 g/mol. The summed E-state index contributed by atoms with van der Waals surface area (Å²) in [6.45, 7) is 6.50. The van der Waals surface area contributed by atoms with Crippen LogP contribution in [0.1, 0.15) is 26.3 Å². The molecule has 0 aliphatic heterocycles. The van der Waals surface area contributed by atoms with Crippen molar-refractivity contribution in [1.82, 2.24) is 4.98 Å². The summed E-state index contributed by atoms with van der Waals surface area (Å²) in [5.74, 6) is -0.866. The van der Waals surface area contributed by atoms with Crippen molar-refractivity contribution in [3.05, 3.63) is 76.6 Å². The number of carbonyl (C=O) groups is 2.